The first-order valence-corrected chi connectivity index (χ1v) is 10.2. The minimum atomic E-state index is 0.245. The Morgan fingerprint density at radius 3 is 2.45 bits per heavy atom. The highest BCUT2D eigenvalue weighted by Gasteiger charge is 2.23. The van der Waals surface area contributed by atoms with Gasteiger partial charge >= 0.3 is 0 Å². The van der Waals surface area contributed by atoms with Crippen LogP contribution in [0.4, 0.5) is 0 Å². The van der Waals surface area contributed by atoms with Crippen LogP contribution < -0.4 is 19.5 Å². The minimum absolute atomic E-state index is 0.245. The van der Waals surface area contributed by atoms with Crippen molar-refractivity contribution in [2.75, 3.05) is 33.9 Å². The summed E-state index contributed by atoms with van der Waals surface area (Å²) in [4.78, 5) is 7.16. The number of aliphatic imine (C=N–C) groups is 1. The van der Waals surface area contributed by atoms with Gasteiger partial charge in [-0.3, -0.25) is 0 Å². The lowest BCUT2D eigenvalue weighted by Gasteiger charge is -2.34. The minimum Gasteiger partial charge on any atom is -0.493 e. The Hall–Kier alpha value is -2.89. The van der Waals surface area contributed by atoms with Gasteiger partial charge in [-0.05, 0) is 25.1 Å². The number of ether oxygens (including phenoxy) is 3. The molecular weight excluding hydrogens is 366 g/mol. The van der Waals surface area contributed by atoms with Crippen LogP contribution in [0.25, 0.3) is 0 Å². The molecule has 1 saturated heterocycles. The first-order chi connectivity index (χ1) is 14.2. The normalized spacial score (nSPS) is 15.1. The molecular formula is C23H31N3O3. The first kappa shape index (κ1) is 20.8. The van der Waals surface area contributed by atoms with Gasteiger partial charge in [0, 0.05) is 38.0 Å². The summed E-state index contributed by atoms with van der Waals surface area (Å²) in [6.45, 7) is 5.28. The SMILES string of the molecule is CCNC(=NCc1cccc(OC)c1OC)N1CCC(Oc2ccccc2)CC1. The van der Waals surface area contributed by atoms with Crippen LogP contribution in [0.15, 0.2) is 53.5 Å². The predicted molar refractivity (Wildman–Crippen MR) is 116 cm³/mol. The number of para-hydroxylation sites is 2. The number of piperidine rings is 1. The molecule has 0 bridgehead atoms. The fraction of sp³-hybridized carbons (Fsp3) is 0.435. The predicted octanol–water partition coefficient (Wildman–Crippen LogP) is 3.71. The Kier molecular flexibility index (Phi) is 7.61. The summed E-state index contributed by atoms with van der Waals surface area (Å²) < 4.78 is 17.0. The highest BCUT2D eigenvalue weighted by molar-refractivity contribution is 5.80. The lowest BCUT2D eigenvalue weighted by molar-refractivity contribution is 0.129. The van der Waals surface area contributed by atoms with Crippen molar-refractivity contribution < 1.29 is 14.2 Å². The van der Waals surface area contributed by atoms with E-state index < -0.39 is 0 Å². The number of nitrogens with one attached hydrogen (secondary N) is 1. The van der Waals surface area contributed by atoms with Crippen LogP contribution in [0.2, 0.25) is 0 Å². The van der Waals surface area contributed by atoms with E-state index in [-0.39, 0.29) is 6.10 Å². The molecule has 0 unspecified atom stereocenters. The number of guanidine groups is 1. The van der Waals surface area contributed by atoms with Crippen molar-refractivity contribution in [1.82, 2.24) is 10.2 Å². The largest absolute Gasteiger partial charge is 0.493 e. The van der Waals surface area contributed by atoms with Crippen LogP contribution in [-0.2, 0) is 6.54 Å². The summed E-state index contributed by atoms with van der Waals surface area (Å²) in [5.41, 5.74) is 1.00. The van der Waals surface area contributed by atoms with E-state index in [1.807, 2.05) is 48.5 Å². The summed E-state index contributed by atoms with van der Waals surface area (Å²) in [6.07, 6.45) is 2.19. The maximum absolute atomic E-state index is 6.11. The number of nitrogens with zero attached hydrogens (tertiary/aromatic N) is 2. The van der Waals surface area contributed by atoms with Gasteiger partial charge in [-0.15, -0.1) is 0 Å². The Morgan fingerprint density at radius 1 is 1.03 bits per heavy atom. The summed E-state index contributed by atoms with van der Waals surface area (Å²) in [6, 6.07) is 15.9. The van der Waals surface area contributed by atoms with Gasteiger partial charge in [0.05, 0.1) is 20.8 Å². The topological polar surface area (TPSA) is 55.3 Å². The van der Waals surface area contributed by atoms with Gasteiger partial charge in [-0.25, -0.2) is 4.99 Å². The summed E-state index contributed by atoms with van der Waals surface area (Å²) in [5.74, 6) is 3.33. The number of likely N-dealkylation sites (tertiary alicyclic amines) is 1. The first-order valence-electron chi connectivity index (χ1n) is 10.2. The quantitative estimate of drug-likeness (QED) is 0.570. The van der Waals surface area contributed by atoms with Crippen molar-refractivity contribution in [1.29, 1.82) is 0 Å². The molecule has 1 fully saturated rings. The van der Waals surface area contributed by atoms with Crippen molar-refractivity contribution in [2.45, 2.75) is 32.4 Å². The maximum Gasteiger partial charge on any atom is 0.194 e. The fourth-order valence-corrected chi connectivity index (χ4v) is 3.54. The molecule has 29 heavy (non-hydrogen) atoms. The van der Waals surface area contributed by atoms with E-state index in [1.54, 1.807) is 14.2 Å². The van der Waals surface area contributed by atoms with E-state index >= 15 is 0 Å². The van der Waals surface area contributed by atoms with Gasteiger partial charge < -0.3 is 24.4 Å². The molecule has 0 aromatic heterocycles. The lowest BCUT2D eigenvalue weighted by atomic mass is 10.1. The van der Waals surface area contributed by atoms with Crippen LogP contribution >= 0.6 is 0 Å². The molecule has 1 heterocycles. The molecule has 156 valence electrons. The average molecular weight is 398 g/mol. The number of rotatable bonds is 7. The van der Waals surface area contributed by atoms with Gasteiger partial charge in [0.2, 0.25) is 0 Å². The van der Waals surface area contributed by atoms with Crippen LogP contribution in [0.3, 0.4) is 0 Å². The molecule has 1 aliphatic rings. The van der Waals surface area contributed by atoms with Crippen molar-refractivity contribution in [3.8, 4) is 17.2 Å². The molecule has 6 nitrogen and oxygen atoms in total. The van der Waals surface area contributed by atoms with Gasteiger partial charge in [0.15, 0.2) is 17.5 Å². The molecule has 0 radical (unpaired) electrons. The molecule has 3 rings (SSSR count). The average Bonchev–Trinajstić information content (AvgIpc) is 2.77. The highest BCUT2D eigenvalue weighted by atomic mass is 16.5. The Morgan fingerprint density at radius 2 is 1.79 bits per heavy atom. The van der Waals surface area contributed by atoms with E-state index in [2.05, 4.69) is 17.1 Å². The summed E-state index contributed by atoms with van der Waals surface area (Å²) in [5, 5.41) is 3.42. The van der Waals surface area contributed by atoms with E-state index in [0.29, 0.717) is 6.54 Å². The van der Waals surface area contributed by atoms with E-state index in [9.17, 15) is 0 Å². The number of hydrogen-bond acceptors (Lipinski definition) is 4. The number of hydrogen-bond donors (Lipinski definition) is 1. The Balaban J connectivity index is 1.63. The molecule has 0 atom stereocenters. The molecule has 0 aliphatic carbocycles. The van der Waals surface area contributed by atoms with Gasteiger partial charge in [-0.2, -0.15) is 0 Å². The van der Waals surface area contributed by atoms with Gasteiger partial charge in [-0.1, -0.05) is 30.3 Å². The summed E-state index contributed by atoms with van der Waals surface area (Å²) >= 11 is 0. The van der Waals surface area contributed by atoms with Crippen LogP contribution in [0, 0.1) is 0 Å². The fourth-order valence-electron chi connectivity index (χ4n) is 3.54. The zero-order valence-electron chi connectivity index (χ0n) is 17.6. The highest BCUT2D eigenvalue weighted by Crippen LogP contribution is 2.31. The zero-order chi connectivity index (χ0) is 20.5. The van der Waals surface area contributed by atoms with Crippen molar-refractivity contribution in [2.24, 2.45) is 4.99 Å². The van der Waals surface area contributed by atoms with Crippen molar-refractivity contribution in [3.05, 3.63) is 54.1 Å². The van der Waals surface area contributed by atoms with Crippen molar-refractivity contribution in [3.63, 3.8) is 0 Å². The second kappa shape index (κ2) is 10.6. The third kappa shape index (κ3) is 5.56. The number of benzene rings is 2. The molecule has 2 aromatic rings. The molecule has 0 saturated carbocycles. The van der Waals surface area contributed by atoms with Crippen molar-refractivity contribution >= 4 is 5.96 Å². The smallest absolute Gasteiger partial charge is 0.194 e. The molecule has 1 N–H and O–H groups in total. The molecule has 1 aliphatic heterocycles. The van der Waals surface area contributed by atoms with Crippen LogP contribution in [-0.4, -0.2) is 50.8 Å². The Labute approximate surface area is 173 Å². The second-order valence-electron chi connectivity index (χ2n) is 6.94. The maximum atomic E-state index is 6.11. The summed E-state index contributed by atoms with van der Waals surface area (Å²) in [7, 11) is 3.31. The van der Waals surface area contributed by atoms with E-state index in [4.69, 9.17) is 19.2 Å². The third-order valence-corrected chi connectivity index (χ3v) is 5.01. The van der Waals surface area contributed by atoms with Crippen LogP contribution in [0.5, 0.6) is 17.2 Å². The van der Waals surface area contributed by atoms with E-state index in [0.717, 1.165) is 61.2 Å². The van der Waals surface area contributed by atoms with E-state index in [1.165, 1.54) is 0 Å². The monoisotopic (exact) mass is 397 g/mol. The standard InChI is InChI=1S/C23H31N3O3/c1-4-24-23(25-17-18-9-8-12-21(27-2)22(18)28-3)26-15-13-20(14-16-26)29-19-10-6-5-7-11-19/h5-12,20H,4,13-17H2,1-3H3,(H,24,25). The Bertz CT molecular complexity index is 787. The molecule has 0 amide bonds. The van der Waals surface area contributed by atoms with Gasteiger partial charge in [0.25, 0.3) is 0 Å². The zero-order valence-corrected chi connectivity index (χ0v) is 17.6. The molecule has 6 heteroatoms. The molecule has 2 aromatic carbocycles. The van der Waals surface area contributed by atoms with Crippen LogP contribution in [0.1, 0.15) is 25.3 Å². The lowest BCUT2D eigenvalue weighted by Crippen LogP contribution is -2.47. The third-order valence-electron chi connectivity index (χ3n) is 5.01. The van der Waals surface area contributed by atoms with Gasteiger partial charge in [0.1, 0.15) is 11.9 Å². The number of methoxy groups -OCH3 is 2. The molecule has 0 spiro atoms. The second-order valence-corrected chi connectivity index (χ2v) is 6.94.